The SMILES string of the molecule is CC(=O)C1=C(O)C(=O)C(c2cccc(Cl)c2)=C1C. The summed E-state index contributed by atoms with van der Waals surface area (Å²) in [6.45, 7) is 2.97. The molecule has 1 N–H and O–H groups in total. The lowest BCUT2D eigenvalue weighted by atomic mass is 9.99. The van der Waals surface area contributed by atoms with Gasteiger partial charge in [-0.1, -0.05) is 23.7 Å². The fourth-order valence-corrected chi connectivity index (χ4v) is 2.32. The van der Waals surface area contributed by atoms with Crippen molar-refractivity contribution in [2.45, 2.75) is 13.8 Å². The number of ketones is 2. The lowest BCUT2D eigenvalue weighted by molar-refractivity contribution is -0.115. The molecular formula is C14H11ClO3. The van der Waals surface area contributed by atoms with E-state index in [1.807, 2.05) is 0 Å². The summed E-state index contributed by atoms with van der Waals surface area (Å²) in [7, 11) is 0. The molecule has 0 aliphatic heterocycles. The minimum atomic E-state index is -0.528. The fourth-order valence-electron chi connectivity index (χ4n) is 2.13. The van der Waals surface area contributed by atoms with Crippen molar-refractivity contribution in [3.63, 3.8) is 0 Å². The van der Waals surface area contributed by atoms with Gasteiger partial charge in [0.2, 0.25) is 5.78 Å². The number of hydrogen-bond donors (Lipinski definition) is 1. The summed E-state index contributed by atoms with van der Waals surface area (Å²) < 4.78 is 0. The smallest absolute Gasteiger partial charge is 0.228 e. The van der Waals surface area contributed by atoms with Crippen LogP contribution in [0.25, 0.3) is 5.57 Å². The zero-order valence-corrected chi connectivity index (χ0v) is 10.7. The van der Waals surface area contributed by atoms with Crippen molar-refractivity contribution in [3.05, 3.63) is 51.8 Å². The first-order chi connectivity index (χ1) is 8.43. The number of Topliss-reactive ketones (excluding diaryl/α,β-unsaturated/α-hetero) is 2. The van der Waals surface area contributed by atoms with Crippen LogP contribution in [0.2, 0.25) is 5.02 Å². The Morgan fingerprint density at radius 2 is 2.00 bits per heavy atom. The molecule has 0 aromatic heterocycles. The summed E-state index contributed by atoms with van der Waals surface area (Å²) in [5.74, 6) is -1.33. The van der Waals surface area contributed by atoms with Crippen LogP contribution in [0, 0.1) is 0 Å². The number of benzene rings is 1. The molecule has 0 radical (unpaired) electrons. The summed E-state index contributed by atoms with van der Waals surface area (Å²) in [6, 6.07) is 6.77. The second-order valence-corrected chi connectivity index (χ2v) is 4.56. The molecule has 1 aromatic rings. The molecule has 3 nitrogen and oxygen atoms in total. The third kappa shape index (κ3) is 1.87. The molecule has 0 amide bonds. The van der Waals surface area contributed by atoms with Crippen molar-refractivity contribution in [2.24, 2.45) is 0 Å². The second-order valence-electron chi connectivity index (χ2n) is 4.12. The third-order valence-corrected chi connectivity index (χ3v) is 3.13. The normalized spacial score (nSPS) is 15.6. The molecule has 0 heterocycles. The van der Waals surface area contributed by atoms with E-state index in [2.05, 4.69) is 0 Å². The third-order valence-electron chi connectivity index (χ3n) is 2.89. The Labute approximate surface area is 109 Å². The Balaban J connectivity index is 2.61. The highest BCUT2D eigenvalue weighted by atomic mass is 35.5. The van der Waals surface area contributed by atoms with E-state index in [9.17, 15) is 14.7 Å². The number of hydrogen-bond acceptors (Lipinski definition) is 3. The fraction of sp³-hybridized carbons (Fsp3) is 0.143. The number of aliphatic hydroxyl groups excluding tert-OH is 1. The van der Waals surface area contributed by atoms with Gasteiger partial charge in [-0.3, -0.25) is 9.59 Å². The van der Waals surface area contributed by atoms with Crippen molar-refractivity contribution >= 4 is 28.7 Å². The molecule has 0 fully saturated rings. The maximum Gasteiger partial charge on any atom is 0.228 e. The topological polar surface area (TPSA) is 54.4 Å². The summed E-state index contributed by atoms with van der Waals surface area (Å²) in [5.41, 5.74) is 1.52. The first kappa shape index (κ1) is 12.6. The van der Waals surface area contributed by atoms with Crippen LogP contribution in [0.3, 0.4) is 0 Å². The molecule has 92 valence electrons. The molecule has 2 rings (SSSR count). The molecule has 0 spiro atoms. The molecule has 4 heteroatoms. The Kier molecular flexibility index (Phi) is 3.09. The molecular weight excluding hydrogens is 252 g/mol. The molecule has 18 heavy (non-hydrogen) atoms. The Bertz CT molecular complexity index is 624. The average Bonchev–Trinajstić information content (AvgIpc) is 2.50. The van der Waals surface area contributed by atoms with E-state index >= 15 is 0 Å². The van der Waals surface area contributed by atoms with E-state index in [1.165, 1.54) is 6.92 Å². The summed E-state index contributed by atoms with van der Waals surface area (Å²) >= 11 is 5.88. The van der Waals surface area contributed by atoms with Gasteiger partial charge in [-0.15, -0.1) is 0 Å². The van der Waals surface area contributed by atoms with Crippen LogP contribution in [0.15, 0.2) is 41.2 Å². The van der Waals surface area contributed by atoms with Gasteiger partial charge in [-0.2, -0.15) is 0 Å². The predicted octanol–water partition coefficient (Wildman–Crippen LogP) is 3.10. The molecule has 0 saturated heterocycles. The number of halogens is 1. The van der Waals surface area contributed by atoms with Gasteiger partial charge in [0.1, 0.15) is 0 Å². The van der Waals surface area contributed by atoms with Gasteiger partial charge in [-0.05, 0) is 37.1 Å². The minimum Gasteiger partial charge on any atom is -0.504 e. The van der Waals surface area contributed by atoms with E-state index in [0.717, 1.165) is 0 Å². The number of carbonyl (C=O) groups is 2. The van der Waals surface area contributed by atoms with Crippen LogP contribution in [0.1, 0.15) is 19.4 Å². The zero-order valence-electron chi connectivity index (χ0n) is 9.95. The highest BCUT2D eigenvalue weighted by Gasteiger charge is 2.32. The summed E-state index contributed by atoms with van der Waals surface area (Å²) in [6.07, 6.45) is 0. The monoisotopic (exact) mass is 262 g/mol. The Morgan fingerprint density at radius 3 is 2.50 bits per heavy atom. The Morgan fingerprint density at radius 1 is 1.33 bits per heavy atom. The van der Waals surface area contributed by atoms with Gasteiger partial charge >= 0.3 is 0 Å². The van der Waals surface area contributed by atoms with Crippen molar-refractivity contribution in [1.29, 1.82) is 0 Å². The highest BCUT2D eigenvalue weighted by Crippen LogP contribution is 2.35. The van der Waals surface area contributed by atoms with Crippen LogP contribution in [0.4, 0.5) is 0 Å². The van der Waals surface area contributed by atoms with Gasteiger partial charge in [0.25, 0.3) is 0 Å². The minimum absolute atomic E-state index is 0.0926. The van der Waals surface area contributed by atoms with E-state index in [-0.39, 0.29) is 11.4 Å². The molecule has 1 aliphatic carbocycles. The van der Waals surface area contributed by atoms with Crippen LogP contribution >= 0.6 is 11.6 Å². The largest absolute Gasteiger partial charge is 0.504 e. The lowest BCUT2D eigenvalue weighted by Gasteiger charge is -2.04. The van der Waals surface area contributed by atoms with E-state index in [4.69, 9.17) is 11.6 Å². The number of allylic oxidation sites excluding steroid dienone is 3. The molecule has 0 atom stereocenters. The first-order valence-corrected chi connectivity index (χ1v) is 5.77. The maximum absolute atomic E-state index is 12.0. The van der Waals surface area contributed by atoms with Gasteiger partial charge in [-0.25, -0.2) is 0 Å². The molecule has 0 bridgehead atoms. The quantitative estimate of drug-likeness (QED) is 0.891. The summed E-state index contributed by atoms with van der Waals surface area (Å²) in [5, 5.41) is 10.2. The van der Waals surface area contributed by atoms with Crippen molar-refractivity contribution in [1.82, 2.24) is 0 Å². The van der Waals surface area contributed by atoms with E-state index in [1.54, 1.807) is 31.2 Å². The van der Waals surface area contributed by atoms with Crippen LogP contribution < -0.4 is 0 Å². The predicted molar refractivity (Wildman–Crippen MR) is 69.4 cm³/mol. The molecule has 0 unspecified atom stereocenters. The number of aliphatic hydroxyl groups is 1. The van der Waals surface area contributed by atoms with Crippen molar-refractivity contribution in [2.75, 3.05) is 0 Å². The van der Waals surface area contributed by atoms with E-state index < -0.39 is 11.5 Å². The lowest BCUT2D eigenvalue weighted by Crippen LogP contribution is -2.03. The van der Waals surface area contributed by atoms with Crippen molar-refractivity contribution in [3.8, 4) is 0 Å². The molecule has 1 aromatic carbocycles. The highest BCUT2D eigenvalue weighted by molar-refractivity contribution is 6.36. The van der Waals surface area contributed by atoms with Crippen LogP contribution in [0.5, 0.6) is 0 Å². The number of carbonyl (C=O) groups excluding carboxylic acids is 2. The van der Waals surface area contributed by atoms with Gasteiger partial charge < -0.3 is 5.11 Å². The van der Waals surface area contributed by atoms with Gasteiger partial charge in [0.05, 0.1) is 5.57 Å². The molecule has 0 saturated carbocycles. The summed E-state index contributed by atoms with van der Waals surface area (Å²) in [4.78, 5) is 23.4. The average molecular weight is 263 g/mol. The standard InChI is InChI=1S/C14H11ClO3/c1-7-11(8(2)16)13(17)14(18)12(7)9-4-3-5-10(15)6-9/h3-6H,1-2H3,(H,17,18). The zero-order chi connectivity index (χ0) is 13.4. The van der Waals surface area contributed by atoms with E-state index in [0.29, 0.717) is 21.7 Å². The van der Waals surface area contributed by atoms with Crippen molar-refractivity contribution < 1.29 is 14.7 Å². The first-order valence-electron chi connectivity index (χ1n) is 5.39. The maximum atomic E-state index is 12.0. The van der Waals surface area contributed by atoms with Gasteiger partial charge in [0.15, 0.2) is 11.5 Å². The number of rotatable bonds is 2. The van der Waals surface area contributed by atoms with Crippen LogP contribution in [-0.4, -0.2) is 16.7 Å². The molecule has 1 aliphatic rings. The van der Waals surface area contributed by atoms with Gasteiger partial charge in [0, 0.05) is 10.6 Å². The Hall–Kier alpha value is -1.87. The second kappa shape index (κ2) is 4.42. The van der Waals surface area contributed by atoms with Crippen LogP contribution in [-0.2, 0) is 9.59 Å².